The van der Waals surface area contributed by atoms with Crippen LogP contribution in [0.15, 0.2) is 41.8 Å². The molecule has 0 bridgehead atoms. The molecule has 1 aliphatic heterocycles. The molecule has 30 heavy (non-hydrogen) atoms. The topological polar surface area (TPSA) is 48.5 Å². The quantitative estimate of drug-likeness (QED) is 0.556. The SMILES string of the molecule is Cc1ccccc1NC(=O)Cc1nc(CN2CCN(Cc3ccc(Cl)s3)CC2)cs1. The number of carbonyl (C=O) groups is 1. The number of carbonyl (C=O) groups excluding carboxylic acids is 1. The molecule has 2 aromatic heterocycles. The van der Waals surface area contributed by atoms with Crippen LogP contribution in [0.1, 0.15) is 21.1 Å². The van der Waals surface area contributed by atoms with Crippen molar-refractivity contribution < 1.29 is 4.79 Å². The second-order valence-electron chi connectivity index (χ2n) is 7.53. The molecular weight excluding hydrogens is 436 g/mol. The normalized spacial score (nSPS) is 15.4. The van der Waals surface area contributed by atoms with Crippen molar-refractivity contribution in [2.45, 2.75) is 26.4 Å². The first-order valence-corrected chi connectivity index (χ1v) is 12.1. The minimum absolute atomic E-state index is 0.0208. The van der Waals surface area contributed by atoms with Gasteiger partial charge in [0.05, 0.1) is 16.5 Å². The second-order valence-corrected chi connectivity index (χ2v) is 10.3. The highest BCUT2D eigenvalue weighted by Gasteiger charge is 2.19. The van der Waals surface area contributed by atoms with Crippen LogP contribution in [-0.2, 0) is 24.3 Å². The van der Waals surface area contributed by atoms with E-state index in [1.165, 1.54) is 4.88 Å². The van der Waals surface area contributed by atoms with Gasteiger partial charge in [-0.05, 0) is 30.7 Å². The second kappa shape index (κ2) is 10.0. The Morgan fingerprint density at radius 3 is 2.53 bits per heavy atom. The first-order valence-electron chi connectivity index (χ1n) is 10.0. The Labute approximate surface area is 190 Å². The predicted molar refractivity (Wildman–Crippen MR) is 126 cm³/mol. The van der Waals surface area contributed by atoms with E-state index >= 15 is 0 Å². The van der Waals surface area contributed by atoms with Gasteiger partial charge in [-0.3, -0.25) is 14.6 Å². The van der Waals surface area contributed by atoms with Gasteiger partial charge in [-0.1, -0.05) is 29.8 Å². The van der Waals surface area contributed by atoms with E-state index in [2.05, 4.69) is 31.5 Å². The predicted octanol–water partition coefficient (Wildman–Crippen LogP) is 4.67. The van der Waals surface area contributed by atoms with Crippen LogP contribution >= 0.6 is 34.3 Å². The lowest BCUT2D eigenvalue weighted by Gasteiger charge is -2.34. The molecule has 0 spiro atoms. The van der Waals surface area contributed by atoms with Gasteiger partial charge < -0.3 is 5.32 Å². The Kier molecular flexibility index (Phi) is 7.17. The average Bonchev–Trinajstić information content (AvgIpc) is 3.33. The number of rotatable bonds is 7. The zero-order valence-corrected chi connectivity index (χ0v) is 19.3. The van der Waals surface area contributed by atoms with Crippen LogP contribution in [0.4, 0.5) is 5.69 Å². The Balaban J connectivity index is 1.23. The number of piperazine rings is 1. The molecule has 0 radical (unpaired) electrons. The molecule has 1 saturated heterocycles. The highest BCUT2D eigenvalue weighted by molar-refractivity contribution is 7.16. The third-order valence-electron chi connectivity index (χ3n) is 5.19. The van der Waals surface area contributed by atoms with E-state index in [0.717, 1.165) is 65.6 Å². The van der Waals surface area contributed by atoms with E-state index in [0.29, 0.717) is 6.42 Å². The van der Waals surface area contributed by atoms with Gasteiger partial charge in [-0.15, -0.1) is 22.7 Å². The standard InChI is InChI=1S/C22H25ClN4OS2/c1-16-4-2-3-5-19(16)25-21(28)12-22-24-17(15-29-22)13-26-8-10-27(11-9-26)14-18-6-7-20(23)30-18/h2-7,15H,8-14H2,1H3,(H,25,28). The molecule has 158 valence electrons. The van der Waals surface area contributed by atoms with Crippen molar-refractivity contribution in [3.05, 3.63) is 67.3 Å². The fourth-order valence-corrected chi connectivity index (χ4v) is 5.45. The highest BCUT2D eigenvalue weighted by atomic mass is 35.5. The number of hydrogen-bond donors (Lipinski definition) is 1. The van der Waals surface area contributed by atoms with Gasteiger partial charge in [0.15, 0.2) is 0 Å². The summed E-state index contributed by atoms with van der Waals surface area (Å²) in [6.45, 7) is 7.96. The Hall–Kier alpha value is -1.77. The van der Waals surface area contributed by atoms with E-state index in [9.17, 15) is 4.79 Å². The zero-order valence-electron chi connectivity index (χ0n) is 16.9. The minimum Gasteiger partial charge on any atom is -0.325 e. The summed E-state index contributed by atoms with van der Waals surface area (Å²) in [5.41, 5.74) is 2.98. The first-order chi connectivity index (χ1) is 14.5. The number of halogens is 1. The van der Waals surface area contributed by atoms with Crippen LogP contribution in [0.3, 0.4) is 0 Å². The number of nitrogens with zero attached hydrogens (tertiary/aromatic N) is 3. The lowest BCUT2D eigenvalue weighted by molar-refractivity contribution is -0.115. The number of amides is 1. The summed E-state index contributed by atoms with van der Waals surface area (Å²) in [7, 11) is 0. The van der Waals surface area contributed by atoms with E-state index in [-0.39, 0.29) is 5.91 Å². The summed E-state index contributed by atoms with van der Waals surface area (Å²) < 4.78 is 0.857. The number of hydrogen-bond acceptors (Lipinski definition) is 6. The molecule has 1 aliphatic rings. The molecule has 5 nitrogen and oxygen atoms in total. The molecule has 0 unspecified atom stereocenters. The molecule has 8 heteroatoms. The van der Waals surface area contributed by atoms with Crippen molar-refractivity contribution >= 4 is 45.9 Å². The Morgan fingerprint density at radius 1 is 1.10 bits per heavy atom. The number of thiophene rings is 1. The molecule has 3 aromatic rings. The van der Waals surface area contributed by atoms with Gasteiger partial charge >= 0.3 is 0 Å². The van der Waals surface area contributed by atoms with Crippen LogP contribution in [-0.4, -0.2) is 46.9 Å². The molecule has 0 aliphatic carbocycles. The molecule has 1 N–H and O–H groups in total. The minimum atomic E-state index is -0.0208. The van der Waals surface area contributed by atoms with Gasteiger partial charge in [-0.25, -0.2) is 4.98 Å². The zero-order chi connectivity index (χ0) is 20.9. The van der Waals surface area contributed by atoms with E-state index in [1.807, 2.05) is 37.3 Å². The fraction of sp³-hybridized carbons (Fsp3) is 0.364. The molecule has 1 aromatic carbocycles. The van der Waals surface area contributed by atoms with Gasteiger partial charge in [-0.2, -0.15) is 0 Å². The number of thiazole rings is 1. The third-order valence-corrected chi connectivity index (χ3v) is 7.30. The van der Waals surface area contributed by atoms with E-state index in [1.54, 1.807) is 22.7 Å². The average molecular weight is 461 g/mol. The lowest BCUT2D eigenvalue weighted by atomic mass is 10.2. The fourth-order valence-electron chi connectivity index (χ4n) is 3.54. The summed E-state index contributed by atoms with van der Waals surface area (Å²) >= 11 is 9.26. The maximum Gasteiger partial charge on any atom is 0.231 e. The number of anilines is 1. The van der Waals surface area contributed by atoms with Gasteiger partial charge in [0.1, 0.15) is 5.01 Å². The van der Waals surface area contributed by atoms with Crippen LogP contribution in [0, 0.1) is 6.92 Å². The van der Waals surface area contributed by atoms with Crippen molar-refractivity contribution in [2.75, 3.05) is 31.5 Å². The summed E-state index contributed by atoms with van der Waals surface area (Å²) in [6.07, 6.45) is 0.316. The highest BCUT2D eigenvalue weighted by Crippen LogP contribution is 2.23. The summed E-state index contributed by atoms with van der Waals surface area (Å²) in [5, 5.41) is 5.92. The van der Waals surface area contributed by atoms with Crippen molar-refractivity contribution in [3.8, 4) is 0 Å². The first kappa shape index (κ1) is 21.5. The smallest absolute Gasteiger partial charge is 0.231 e. The van der Waals surface area contributed by atoms with Crippen LogP contribution in [0.5, 0.6) is 0 Å². The Bertz CT molecular complexity index is 994. The number of para-hydroxylation sites is 1. The molecule has 1 amide bonds. The largest absolute Gasteiger partial charge is 0.325 e. The van der Waals surface area contributed by atoms with E-state index in [4.69, 9.17) is 11.6 Å². The maximum absolute atomic E-state index is 12.4. The summed E-state index contributed by atoms with van der Waals surface area (Å²) in [5.74, 6) is -0.0208. The molecule has 1 fully saturated rings. The summed E-state index contributed by atoms with van der Waals surface area (Å²) in [6, 6.07) is 11.9. The maximum atomic E-state index is 12.4. The van der Waals surface area contributed by atoms with Crippen LogP contribution in [0.2, 0.25) is 4.34 Å². The summed E-state index contributed by atoms with van der Waals surface area (Å²) in [4.78, 5) is 23.3. The van der Waals surface area contributed by atoms with E-state index < -0.39 is 0 Å². The lowest BCUT2D eigenvalue weighted by Crippen LogP contribution is -2.45. The Morgan fingerprint density at radius 2 is 1.83 bits per heavy atom. The van der Waals surface area contributed by atoms with Crippen LogP contribution < -0.4 is 5.32 Å². The number of benzene rings is 1. The number of aryl methyl sites for hydroxylation is 1. The van der Waals surface area contributed by atoms with Crippen molar-refractivity contribution in [1.82, 2.24) is 14.8 Å². The van der Waals surface area contributed by atoms with Gasteiger partial charge in [0, 0.05) is 55.2 Å². The van der Waals surface area contributed by atoms with Gasteiger partial charge in [0.25, 0.3) is 0 Å². The monoisotopic (exact) mass is 460 g/mol. The molecule has 4 rings (SSSR count). The molecule has 0 atom stereocenters. The van der Waals surface area contributed by atoms with Crippen LogP contribution in [0.25, 0.3) is 0 Å². The molecular formula is C22H25ClN4OS2. The molecule has 3 heterocycles. The van der Waals surface area contributed by atoms with Crippen molar-refractivity contribution in [1.29, 1.82) is 0 Å². The third kappa shape index (κ3) is 5.89. The molecule has 0 saturated carbocycles. The number of aromatic nitrogens is 1. The van der Waals surface area contributed by atoms with Gasteiger partial charge in [0.2, 0.25) is 5.91 Å². The van der Waals surface area contributed by atoms with Crippen molar-refractivity contribution in [2.24, 2.45) is 0 Å². The number of nitrogens with one attached hydrogen (secondary N) is 1. The van der Waals surface area contributed by atoms with Crippen molar-refractivity contribution in [3.63, 3.8) is 0 Å².